The summed E-state index contributed by atoms with van der Waals surface area (Å²) in [6.45, 7) is 3.15. The quantitative estimate of drug-likeness (QED) is 0.465. The Morgan fingerprint density at radius 3 is 2.77 bits per heavy atom. The lowest BCUT2D eigenvalue weighted by molar-refractivity contribution is 0.0936. The van der Waals surface area contributed by atoms with Gasteiger partial charge in [0.05, 0.1) is 6.54 Å². The molecule has 1 unspecified atom stereocenters. The van der Waals surface area contributed by atoms with Crippen LogP contribution in [-0.2, 0) is 0 Å². The van der Waals surface area contributed by atoms with Gasteiger partial charge in [-0.05, 0) is 39.2 Å². The van der Waals surface area contributed by atoms with Crippen LogP contribution in [0.15, 0.2) is 29.3 Å². The van der Waals surface area contributed by atoms with Crippen molar-refractivity contribution in [2.45, 2.75) is 12.5 Å². The first-order valence-electron chi connectivity index (χ1n) is 7.67. The summed E-state index contributed by atoms with van der Waals surface area (Å²) < 4.78 is 11.6. The van der Waals surface area contributed by atoms with E-state index in [0.717, 1.165) is 37.0 Å². The van der Waals surface area contributed by atoms with Crippen molar-refractivity contribution >= 4 is 5.96 Å². The van der Waals surface area contributed by atoms with Crippen LogP contribution in [0.2, 0.25) is 0 Å². The lowest BCUT2D eigenvalue weighted by Crippen LogP contribution is -2.45. The normalized spacial score (nSPS) is 17.5. The molecule has 22 heavy (non-hydrogen) atoms. The lowest BCUT2D eigenvalue weighted by atomic mass is 10.2. The number of ether oxygens (including phenoxy) is 2. The maximum Gasteiger partial charge on any atom is 0.191 e. The molecule has 6 heteroatoms. The molecule has 0 bridgehead atoms. The van der Waals surface area contributed by atoms with Crippen LogP contribution >= 0.6 is 0 Å². The number of fused-ring (bicyclic) bond motifs is 1. The molecule has 6 nitrogen and oxygen atoms in total. The zero-order valence-electron chi connectivity index (χ0n) is 13.6. The molecule has 0 aliphatic carbocycles. The molecule has 0 spiro atoms. The minimum Gasteiger partial charge on any atom is -0.486 e. The van der Waals surface area contributed by atoms with Crippen LogP contribution < -0.4 is 20.1 Å². The van der Waals surface area contributed by atoms with Crippen molar-refractivity contribution in [2.75, 3.05) is 47.4 Å². The van der Waals surface area contributed by atoms with E-state index in [1.54, 1.807) is 7.05 Å². The third-order valence-corrected chi connectivity index (χ3v) is 3.36. The Bertz CT molecular complexity index is 491. The molecule has 1 aliphatic heterocycles. The van der Waals surface area contributed by atoms with E-state index in [1.807, 2.05) is 24.3 Å². The van der Waals surface area contributed by atoms with Gasteiger partial charge in [-0.15, -0.1) is 0 Å². The Hall–Kier alpha value is -1.95. The molecule has 0 aromatic heterocycles. The summed E-state index contributed by atoms with van der Waals surface area (Å²) in [7, 11) is 5.92. The van der Waals surface area contributed by atoms with Crippen LogP contribution in [-0.4, -0.2) is 64.3 Å². The van der Waals surface area contributed by atoms with Crippen molar-refractivity contribution in [3.05, 3.63) is 24.3 Å². The fourth-order valence-corrected chi connectivity index (χ4v) is 2.20. The molecule has 1 aromatic rings. The highest BCUT2D eigenvalue weighted by Crippen LogP contribution is 2.30. The van der Waals surface area contributed by atoms with E-state index >= 15 is 0 Å². The fraction of sp³-hybridized carbons (Fsp3) is 0.562. The Morgan fingerprint density at radius 2 is 2.05 bits per heavy atom. The number of benzene rings is 1. The Morgan fingerprint density at radius 1 is 1.27 bits per heavy atom. The van der Waals surface area contributed by atoms with E-state index in [1.165, 1.54) is 0 Å². The number of nitrogens with one attached hydrogen (secondary N) is 2. The van der Waals surface area contributed by atoms with E-state index in [0.29, 0.717) is 13.2 Å². The lowest BCUT2D eigenvalue weighted by Gasteiger charge is -2.27. The molecule has 0 amide bonds. The number of aliphatic imine (C=N–C) groups is 1. The zero-order valence-corrected chi connectivity index (χ0v) is 13.6. The molecular formula is C16H26N4O2. The van der Waals surface area contributed by atoms with Crippen LogP contribution in [0.5, 0.6) is 11.5 Å². The van der Waals surface area contributed by atoms with Gasteiger partial charge in [0.1, 0.15) is 12.7 Å². The summed E-state index contributed by atoms with van der Waals surface area (Å²) in [4.78, 5) is 6.39. The van der Waals surface area contributed by atoms with Gasteiger partial charge in [-0.3, -0.25) is 4.99 Å². The molecule has 0 fully saturated rings. The van der Waals surface area contributed by atoms with Crippen molar-refractivity contribution in [2.24, 2.45) is 4.99 Å². The molecule has 2 N–H and O–H groups in total. The van der Waals surface area contributed by atoms with Crippen molar-refractivity contribution < 1.29 is 9.47 Å². The third-order valence-electron chi connectivity index (χ3n) is 3.36. The highest BCUT2D eigenvalue weighted by atomic mass is 16.6. The van der Waals surface area contributed by atoms with Gasteiger partial charge >= 0.3 is 0 Å². The maximum atomic E-state index is 5.91. The van der Waals surface area contributed by atoms with Crippen LogP contribution in [0.25, 0.3) is 0 Å². The van der Waals surface area contributed by atoms with Crippen molar-refractivity contribution in [3.63, 3.8) is 0 Å². The van der Waals surface area contributed by atoms with Gasteiger partial charge in [0, 0.05) is 13.6 Å². The molecule has 1 heterocycles. The minimum atomic E-state index is -0.0183. The van der Waals surface area contributed by atoms with Gasteiger partial charge in [0.15, 0.2) is 17.5 Å². The second-order valence-electron chi connectivity index (χ2n) is 5.53. The van der Waals surface area contributed by atoms with E-state index in [4.69, 9.17) is 9.47 Å². The summed E-state index contributed by atoms with van der Waals surface area (Å²) in [5.41, 5.74) is 0. The Balaban J connectivity index is 1.71. The molecule has 1 atom stereocenters. The standard InChI is InChI=1S/C16H26N4O2/c1-17-16(18-9-6-10-20(2)3)19-11-13-12-21-14-7-4-5-8-15(14)22-13/h4-5,7-8,13H,6,9-12H2,1-3H3,(H2,17,18,19). The fourth-order valence-electron chi connectivity index (χ4n) is 2.20. The number of hydrogen-bond donors (Lipinski definition) is 2. The largest absolute Gasteiger partial charge is 0.486 e. The minimum absolute atomic E-state index is 0.0183. The second kappa shape index (κ2) is 8.48. The number of nitrogens with zero attached hydrogens (tertiary/aromatic N) is 2. The molecule has 0 saturated heterocycles. The summed E-state index contributed by atoms with van der Waals surface area (Å²) in [6.07, 6.45) is 1.06. The van der Waals surface area contributed by atoms with Crippen molar-refractivity contribution in [3.8, 4) is 11.5 Å². The first kappa shape index (κ1) is 16.4. The Kier molecular flexibility index (Phi) is 6.33. The predicted molar refractivity (Wildman–Crippen MR) is 88.9 cm³/mol. The topological polar surface area (TPSA) is 58.1 Å². The molecule has 122 valence electrons. The van der Waals surface area contributed by atoms with Gasteiger partial charge in [-0.2, -0.15) is 0 Å². The summed E-state index contributed by atoms with van der Waals surface area (Å²) in [6, 6.07) is 7.74. The van der Waals surface area contributed by atoms with Crippen molar-refractivity contribution in [1.29, 1.82) is 0 Å². The van der Waals surface area contributed by atoms with Gasteiger partial charge in [0.25, 0.3) is 0 Å². The SMILES string of the molecule is CN=C(NCCCN(C)C)NCC1COc2ccccc2O1. The number of rotatable bonds is 6. The van der Waals surface area contributed by atoms with E-state index in [2.05, 4.69) is 34.6 Å². The monoisotopic (exact) mass is 306 g/mol. The van der Waals surface area contributed by atoms with Crippen LogP contribution in [0, 0.1) is 0 Å². The highest BCUT2D eigenvalue weighted by molar-refractivity contribution is 5.79. The molecule has 2 rings (SSSR count). The van der Waals surface area contributed by atoms with Crippen LogP contribution in [0.4, 0.5) is 0 Å². The first-order valence-corrected chi connectivity index (χ1v) is 7.67. The zero-order chi connectivity index (χ0) is 15.8. The summed E-state index contributed by atoms with van der Waals surface area (Å²) in [5.74, 6) is 2.40. The molecular weight excluding hydrogens is 280 g/mol. The number of para-hydroxylation sites is 2. The maximum absolute atomic E-state index is 5.91. The van der Waals surface area contributed by atoms with Crippen molar-refractivity contribution in [1.82, 2.24) is 15.5 Å². The molecule has 1 aromatic carbocycles. The molecule has 1 aliphatic rings. The number of hydrogen-bond acceptors (Lipinski definition) is 4. The van der Waals surface area contributed by atoms with E-state index < -0.39 is 0 Å². The van der Waals surface area contributed by atoms with E-state index in [9.17, 15) is 0 Å². The number of guanidine groups is 1. The van der Waals surface area contributed by atoms with Gasteiger partial charge in [0.2, 0.25) is 0 Å². The first-order chi connectivity index (χ1) is 10.7. The van der Waals surface area contributed by atoms with Gasteiger partial charge in [-0.25, -0.2) is 0 Å². The summed E-state index contributed by atoms with van der Waals surface area (Å²) >= 11 is 0. The third kappa shape index (κ3) is 5.11. The highest BCUT2D eigenvalue weighted by Gasteiger charge is 2.20. The van der Waals surface area contributed by atoms with Crippen LogP contribution in [0.1, 0.15) is 6.42 Å². The van der Waals surface area contributed by atoms with Gasteiger partial charge < -0.3 is 25.0 Å². The smallest absolute Gasteiger partial charge is 0.191 e. The average Bonchev–Trinajstić information content (AvgIpc) is 2.53. The van der Waals surface area contributed by atoms with E-state index in [-0.39, 0.29) is 6.10 Å². The summed E-state index contributed by atoms with van der Waals surface area (Å²) in [5, 5.41) is 6.58. The molecule has 0 radical (unpaired) electrons. The molecule has 0 saturated carbocycles. The predicted octanol–water partition coefficient (Wildman–Crippen LogP) is 0.943. The second-order valence-corrected chi connectivity index (χ2v) is 5.53. The Labute approximate surface area is 132 Å². The van der Waals surface area contributed by atoms with Gasteiger partial charge in [-0.1, -0.05) is 12.1 Å². The van der Waals surface area contributed by atoms with Crippen LogP contribution in [0.3, 0.4) is 0 Å². The average molecular weight is 306 g/mol.